The molecule has 3 nitrogen and oxygen atoms in total. The molecule has 0 saturated heterocycles. The summed E-state index contributed by atoms with van der Waals surface area (Å²) in [6.45, 7) is 5.76. The molecule has 1 aliphatic rings. The Labute approximate surface area is 96.9 Å². The molecule has 16 heavy (non-hydrogen) atoms. The van der Waals surface area contributed by atoms with Gasteiger partial charge in [-0.25, -0.2) is 0 Å². The van der Waals surface area contributed by atoms with Crippen molar-refractivity contribution in [1.29, 1.82) is 0 Å². The molecule has 1 rings (SSSR count). The third kappa shape index (κ3) is 2.94. The first kappa shape index (κ1) is 12.9. The van der Waals surface area contributed by atoms with Gasteiger partial charge in [0.25, 0.3) is 0 Å². The second-order valence-corrected chi connectivity index (χ2v) is 5.16. The van der Waals surface area contributed by atoms with Crippen LogP contribution >= 0.6 is 0 Å². The number of hydrogen-bond acceptors (Lipinski definition) is 3. The van der Waals surface area contributed by atoms with Crippen molar-refractivity contribution in [2.75, 3.05) is 7.11 Å². The first-order valence-electron chi connectivity index (χ1n) is 5.65. The largest absolute Gasteiger partial charge is 0.468 e. The Morgan fingerprint density at radius 2 is 2.06 bits per heavy atom. The normalized spacial score (nSPS) is 24.9. The molecule has 1 unspecified atom stereocenters. The first-order valence-corrected chi connectivity index (χ1v) is 5.65. The predicted octanol–water partition coefficient (Wildman–Crippen LogP) is 2.36. The number of rotatable bonds is 3. The van der Waals surface area contributed by atoms with E-state index in [1.807, 2.05) is 6.08 Å². The summed E-state index contributed by atoms with van der Waals surface area (Å²) in [6.07, 6.45) is 5.95. The van der Waals surface area contributed by atoms with Crippen molar-refractivity contribution >= 4 is 11.8 Å². The van der Waals surface area contributed by atoms with E-state index in [0.717, 1.165) is 12.8 Å². The molecule has 0 bridgehead atoms. The van der Waals surface area contributed by atoms with Crippen molar-refractivity contribution in [3.05, 3.63) is 12.2 Å². The number of carbonyl (C=O) groups is 2. The van der Waals surface area contributed by atoms with Gasteiger partial charge < -0.3 is 4.74 Å². The zero-order chi connectivity index (χ0) is 12.3. The number of hydrogen-bond donors (Lipinski definition) is 0. The van der Waals surface area contributed by atoms with Gasteiger partial charge in [0.2, 0.25) is 0 Å². The lowest BCUT2D eigenvalue weighted by Crippen LogP contribution is -2.32. The van der Waals surface area contributed by atoms with Crippen LogP contribution in [0.5, 0.6) is 0 Å². The molecule has 1 aliphatic carbocycles. The van der Waals surface area contributed by atoms with Crippen molar-refractivity contribution in [3.8, 4) is 0 Å². The fourth-order valence-corrected chi connectivity index (χ4v) is 2.15. The fraction of sp³-hybridized carbons (Fsp3) is 0.692. The molecule has 0 heterocycles. The minimum Gasteiger partial charge on any atom is -0.468 e. The standard InChI is InChI=1S/C13H20O3/c1-9(14)11(12(15)16-4)10-5-7-13(2,3)8-6-10/h5,7,10-11H,6,8H2,1-4H3/t10-,11?/m0/s1. The molecule has 0 radical (unpaired) electrons. The van der Waals surface area contributed by atoms with Crippen molar-refractivity contribution in [3.63, 3.8) is 0 Å². The third-order valence-electron chi connectivity index (χ3n) is 3.24. The van der Waals surface area contributed by atoms with Crippen LogP contribution in [0.2, 0.25) is 0 Å². The highest BCUT2D eigenvalue weighted by molar-refractivity contribution is 5.98. The van der Waals surface area contributed by atoms with Gasteiger partial charge in [-0.2, -0.15) is 0 Å². The highest BCUT2D eigenvalue weighted by atomic mass is 16.5. The maximum Gasteiger partial charge on any atom is 0.316 e. The molecule has 0 saturated carbocycles. The van der Waals surface area contributed by atoms with E-state index in [1.165, 1.54) is 14.0 Å². The number of carbonyl (C=O) groups excluding carboxylic acids is 2. The Balaban J connectivity index is 2.83. The van der Waals surface area contributed by atoms with E-state index in [-0.39, 0.29) is 17.1 Å². The van der Waals surface area contributed by atoms with Crippen LogP contribution in [0.1, 0.15) is 33.6 Å². The van der Waals surface area contributed by atoms with Gasteiger partial charge in [-0.3, -0.25) is 9.59 Å². The molecule has 0 amide bonds. The molecule has 0 aromatic carbocycles. The van der Waals surface area contributed by atoms with Gasteiger partial charge in [-0.1, -0.05) is 26.0 Å². The van der Waals surface area contributed by atoms with Crippen LogP contribution in [0.4, 0.5) is 0 Å². The van der Waals surface area contributed by atoms with E-state index in [9.17, 15) is 9.59 Å². The topological polar surface area (TPSA) is 43.4 Å². The molecule has 90 valence electrons. The van der Waals surface area contributed by atoms with Gasteiger partial charge in [0.1, 0.15) is 11.7 Å². The second kappa shape index (κ2) is 4.81. The summed E-state index contributed by atoms with van der Waals surface area (Å²) in [5.41, 5.74) is 0.175. The first-order chi connectivity index (χ1) is 7.37. The van der Waals surface area contributed by atoms with Crippen LogP contribution in [0.3, 0.4) is 0 Å². The lowest BCUT2D eigenvalue weighted by atomic mass is 9.74. The number of esters is 1. The van der Waals surface area contributed by atoms with Gasteiger partial charge in [0.15, 0.2) is 0 Å². The van der Waals surface area contributed by atoms with Gasteiger partial charge >= 0.3 is 5.97 Å². The summed E-state index contributed by atoms with van der Waals surface area (Å²) in [7, 11) is 1.33. The van der Waals surface area contributed by atoms with Crippen LogP contribution < -0.4 is 0 Å². The number of allylic oxidation sites excluding steroid dienone is 2. The average molecular weight is 224 g/mol. The minimum absolute atomic E-state index is 0.00188. The molecular weight excluding hydrogens is 204 g/mol. The second-order valence-electron chi connectivity index (χ2n) is 5.16. The number of ether oxygens (including phenoxy) is 1. The number of Topliss-reactive ketones (excluding diaryl/α,β-unsaturated/α-hetero) is 1. The van der Waals surface area contributed by atoms with E-state index in [1.54, 1.807) is 0 Å². The van der Waals surface area contributed by atoms with Crippen molar-refractivity contribution in [2.24, 2.45) is 17.3 Å². The zero-order valence-corrected chi connectivity index (χ0v) is 10.4. The average Bonchev–Trinajstić information content (AvgIpc) is 2.20. The smallest absolute Gasteiger partial charge is 0.316 e. The van der Waals surface area contributed by atoms with E-state index in [2.05, 4.69) is 24.7 Å². The van der Waals surface area contributed by atoms with Gasteiger partial charge in [-0.15, -0.1) is 0 Å². The van der Waals surface area contributed by atoms with Crippen LogP contribution in [0.15, 0.2) is 12.2 Å². The summed E-state index contributed by atoms with van der Waals surface area (Å²) in [5.74, 6) is -1.15. The van der Waals surface area contributed by atoms with Crippen LogP contribution in [-0.4, -0.2) is 18.9 Å². The van der Waals surface area contributed by atoms with Gasteiger partial charge in [-0.05, 0) is 31.1 Å². The van der Waals surface area contributed by atoms with Gasteiger partial charge in [0, 0.05) is 0 Å². The SMILES string of the molecule is COC(=O)C(C(C)=O)[C@H]1C=CC(C)(C)CC1. The monoisotopic (exact) mass is 224 g/mol. The lowest BCUT2D eigenvalue weighted by molar-refractivity contribution is -0.150. The summed E-state index contributed by atoms with van der Waals surface area (Å²) < 4.78 is 4.69. The van der Waals surface area contributed by atoms with E-state index >= 15 is 0 Å². The van der Waals surface area contributed by atoms with E-state index in [0.29, 0.717) is 0 Å². The molecule has 0 fully saturated rings. The Bertz CT molecular complexity index is 315. The number of ketones is 1. The molecule has 0 N–H and O–H groups in total. The molecule has 0 aromatic heterocycles. The molecule has 0 aromatic rings. The highest BCUT2D eigenvalue weighted by Crippen LogP contribution is 2.35. The molecule has 3 heteroatoms. The molecular formula is C13H20O3. The maximum absolute atomic E-state index is 11.5. The summed E-state index contributed by atoms with van der Waals surface area (Å²) >= 11 is 0. The maximum atomic E-state index is 11.5. The van der Waals surface area contributed by atoms with E-state index < -0.39 is 11.9 Å². The highest BCUT2D eigenvalue weighted by Gasteiger charge is 2.34. The molecule has 0 aliphatic heterocycles. The number of methoxy groups -OCH3 is 1. The zero-order valence-electron chi connectivity index (χ0n) is 10.4. The quantitative estimate of drug-likeness (QED) is 0.420. The van der Waals surface area contributed by atoms with Crippen LogP contribution in [-0.2, 0) is 14.3 Å². The third-order valence-corrected chi connectivity index (χ3v) is 3.24. The minimum atomic E-state index is -0.627. The van der Waals surface area contributed by atoms with Crippen molar-refractivity contribution in [2.45, 2.75) is 33.6 Å². The lowest BCUT2D eigenvalue weighted by Gasteiger charge is -2.30. The summed E-state index contributed by atoms with van der Waals surface area (Å²) in [6, 6.07) is 0. The van der Waals surface area contributed by atoms with E-state index in [4.69, 9.17) is 0 Å². The molecule has 0 spiro atoms. The molecule has 2 atom stereocenters. The fourth-order valence-electron chi connectivity index (χ4n) is 2.15. The van der Waals surface area contributed by atoms with Crippen LogP contribution in [0, 0.1) is 17.3 Å². The van der Waals surface area contributed by atoms with Crippen molar-refractivity contribution < 1.29 is 14.3 Å². The summed E-state index contributed by atoms with van der Waals surface area (Å²) in [4.78, 5) is 23.0. The Hall–Kier alpha value is -1.12. The Morgan fingerprint density at radius 1 is 1.44 bits per heavy atom. The van der Waals surface area contributed by atoms with Crippen molar-refractivity contribution in [1.82, 2.24) is 0 Å². The predicted molar refractivity (Wildman–Crippen MR) is 61.8 cm³/mol. The Morgan fingerprint density at radius 3 is 2.44 bits per heavy atom. The van der Waals surface area contributed by atoms with Crippen LogP contribution in [0.25, 0.3) is 0 Å². The van der Waals surface area contributed by atoms with Gasteiger partial charge in [0.05, 0.1) is 7.11 Å². The summed E-state index contributed by atoms with van der Waals surface area (Å²) in [5, 5.41) is 0. The Kier molecular flexibility index (Phi) is 3.89.